The molecule has 4 heterocycles. The number of aryl methyl sites for hydroxylation is 1. The molecule has 2 aromatic heterocycles. The summed E-state index contributed by atoms with van der Waals surface area (Å²) in [4.78, 5) is 18.9. The van der Waals surface area contributed by atoms with Crippen LogP contribution in [0, 0.1) is 5.92 Å². The molecule has 2 fully saturated rings. The van der Waals surface area contributed by atoms with E-state index in [0.29, 0.717) is 31.2 Å². The molecule has 1 saturated heterocycles. The molecule has 2 aliphatic heterocycles. The molecule has 10 heteroatoms. The quantitative estimate of drug-likeness (QED) is 0.545. The van der Waals surface area contributed by atoms with Crippen LogP contribution in [-0.4, -0.2) is 38.8 Å². The Kier molecular flexibility index (Phi) is 5.24. The van der Waals surface area contributed by atoms with E-state index in [1.165, 1.54) is 6.20 Å². The first kappa shape index (κ1) is 22.9. The van der Waals surface area contributed by atoms with E-state index in [1.807, 2.05) is 33.8 Å². The van der Waals surface area contributed by atoms with Crippen molar-refractivity contribution < 1.29 is 18.0 Å². The second kappa shape index (κ2) is 8.25. The molecule has 7 nitrogen and oxygen atoms in total. The number of carbonyl (C=O) groups is 1. The molecule has 1 saturated carbocycles. The third-order valence-corrected chi connectivity index (χ3v) is 7.82. The van der Waals surface area contributed by atoms with Crippen molar-refractivity contribution in [3.63, 3.8) is 0 Å². The highest BCUT2D eigenvalue weighted by Gasteiger charge is 2.47. The van der Waals surface area contributed by atoms with Crippen LogP contribution < -0.4 is 11.1 Å². The molecule has 1 aromatic carbocycles. The van der Waals surface area contributed by atoms with Crippen molar-refractivity contribution in [3.05, 3.63) is 65.5 Å². The number of aromatic nitrogens is 3. The van der Waals surface area contributed by atoms with Crippen molar-refractivity contribution in [1.82, 2.24) is 25.0 Å². The minimum atomic E-state index is -4.59. The van der Waals surface area contributed by atoms with Crippen LogP contribution in [0.25, 0.3) is 11.3 Å². The third-order valence-electron chi connectivity index (χ3n) is 7.82. The number of nitrogens with zero attached hydrogens (tertiary/aromatic N) is 4. The fraction of sp³-hybridized carbons (Fsp3) is 0.423. The molecule has 2 unspecified atom stereocenters. The van der Waals surface area contributed by atoms with Gasteiger partial charge in [-0.15, -0.1) is 0 Å². The lowest BCUT2D eigenvalue weighted by Crippen LogP contribution is -2.42. The van der Waals surface area contributed by atoms with Gasteiger partial charge < -0.3 is 16.0 Å². The smallest absolute Gasteiger partial charge is 0.383 e. The number of rotatable bonds is 4. The monoisotopic (exact) mass is 496 g/mol. The average Bonchev–Trinajstić information content (AvgIpc) is 3.31. The number of urea groups is 1. The molecule has 1 aliphatic carbocycles. The van der Waals surface area contributed by atoms with Gasteiger partial charge in [-0.3, -0.25) is 4.68 Å². The number of carbonyl (C=O) groups excluding carboxylic acids is 1. The van der Waals surface area contributed by atoms with E-state index < -0.39 is 17.6 Å². The number of nitrogens with two attached hydrogens (primary N) is 1. The molecule has 3 N–H and O–H groups in total. The highest BCUT2D eigenvalue weighted by molar-refractivity contribution is 5.75. The van der Waals surface area contributed by atoms with Gasteiger partial charge in [0, 0.05) is 42.5 Å². The lowest BCUT2D eigenvalue weighted by Gasteiger charge is -2.26. The Morgan fingerprint density at radius 3 is 2.61 bits per heavy atom. The zero-order chi connectivity index (χ0) is 25.1. The zero-order valence-corrected chi connectivity index (χ0v) is 19.6. The number of nitrogen functional groups attached to an aromatic ring is 1. The molecule has 1 spiro atoms. The molecule has 0 radical (unpaired) electrons. The first-order valence-corrected chi connectivity index (χ1v) is 12.3. The Hall–Kier alpha value is -3.56. The molecule has 6 rings (SSSR count). The Morgan fingerprint density at radius 2 is 1.89 bits per heavy atom. The van der Waals surface area contributed by atoms with E-state index in [-0.39, 0.29) is 23.1 Å². The number of benzene rings is 1. The maximum atomic E-state index is 13.3. The number of hydrogen-bond donors (Lipinski definition) is 2. The summed E-state index contributed by atoms with van der Waals surface area (Å²) in [6, 6.07) is 12.9. The van der Waals surface area contributed by atoms with Crippen LogP contribution in [0.4, 0.5) is 23.8 Å². The largest absolute Gasteiger partial charge is 0.419 e. The number of hydrogen-bond acceptors (Lipinski definition) is 4. The van der Waals surface area contributed by atoms with Crippen molar-refractivity contribution in [3.8, 4) is 11.3 Å². The summed E-state index contributed by atoms with van der Waals surface area (Å²) >= 11 is 0. The number of anilines is 1. The van der Waals surface area contributed by atoms with E-state index in [4.69, 9.17) is 5.73 Å². The lowest BCUT2D eigenvalue weighted by molar-refractivity contribution is -0.137. The summed E-state index contributed by atoms with van der Waals surface area (Å²) in [5.41, 5.74) is 7.04. The zero-order valence-electron chi connectivity index (χ0n) is 19.6. The summed E-state index contributed by atoms with van der Waals surface area (Å²) < 4.78 is 41.8. The van der Waals surface area contributed by atoms with Crippen LogP contribution in [0.3, 0.4) is 0 Å². The number of pyridine rings is 1. The number of fused-ring (bicyclic) bond motifs is 2. The Balaban J connectivity index is 1.21. The molecule has 188 valence electrons. The standard InChI is InChI=1S/C26H27F3N6O/c27-26(28,29)19-12-18(14-31-23(19)30)20-13-21-25(9-11-35(21)33-20)8-10-34(15-25)24(36)32-22(17-6-7-17)16-4-2-1-3-5-16/h1-5,12-14,17,22H,6-11,15H2,(H2,30,31)(H,32,36). The molecule has 0 bridgehead atoms. The number of nitrogens with one attached hydrogen (secondary N) is 1. The summed E-state index contributed by atoms with van der Waals surface area (Å²) in [5, 5.41) is 7.83. The average molecular weight is 497 g/mol. The first-order chi connectivity index (χ1) is 17.2. The van der Waals surface area contributed by atoms with Crippen LogP contribution in [0.2, 0.25) is 0 Å². The third kappa shape index (κ3) is 3.98. The Bertz CT molecular complexity index is 1300. The predicted molar refractivity (Wildman–Crippen MR) is 128 cm³/mol. The van der Waals surface area contributed by atoms with Crippen LogP contribution in [0.1, 0.15) is 48.5 Å². The van der Waals surface area contributed by atoms with E-state index in [1.54, 1.807) is 0 Å². The van der Waals surface area contributed by atoms with Gasteiger partial charge in [0.25, 0.3) is 0 Å². The number of alkyl halides is 3. The minimum absolute atomic E-state index is 0.0109. The van der Waals surface area contributed by atoms with E-state index in [0.717, 1.165) is 43.0 Å². The van der Waals surface area contributed by atoms with Gasteiger partial charge in [-0.05, 0) is 49.3 Å². The van der Waals surface area contributed by atoms with Crippen molar-refractivity contribution in [2.75, 3.05) is 18.8 Å². The van der Waals surface area contributed by atoms with Crippen molar-refractivity contribution in [2.24, 2.45) is 5.92 Å². The Labute approximate surface area is 206 Å². The highest BCUT2D eigenvalue weighted by atomic mass is 19.4. The maximum Gasteiger partial charge on any atom is 0.419 e. The molecule has 36 heavy (non-hydrogen) atoms. The van der Waals surface area contributed by atoms with Crippen molar-refractivity contribution >= 4 is 11.8 Å². The number of amides is 2. The number of halogens is 3. The van der Waals surface area contributed by atoms with Gasteiger partial charge in [0.1, 0.15) is 5.82 Å². The normalized spacial score (nSPS) is 22.1. The second-order valence-corrected chi connectivity index (χ2v) is 10.2. The topological polar surface area (TPSA) is 89.1 Å². The van der Waals surface area contributed by atoms with Crippen molar-refractivity contribution in [1.29, 1.82) is 0 Å². The second-order valence-electron chi connectivity index (χ2n) is 10.2. The van der Waals surface area contributed by atoms with E-state index >= 15 is 0 Å². The highest BCUT2D eigenvalue weighted by Crippen LogP contribution is 2.45. The fourth-order valence-electron chi connectivity index (χ4n) is 5.69. The summed E-state index contributed by atoms with van der Waals surface area (Å²) in [7, 11) is 0. The van der Waals surface area contributed by atoms with E-state index in [9.17, 15) is 18.0 Å². The lowest BCUT2D eigenvalue weighted by atomic mass is 9.82. The molecule has 3 aromatic rings. The molecule has 3 aliphatic rings. The van der Waals surface area contributed by atoms with Crippen LogP contribution >= 0.6 is 0 Å². The first-order valence-electron chi connectivity index (χ1n) is 12.3. The SMILES string of the molecule is Nc1ncc(-c2cc3n(n2)CCC32CCN(C(=O)NC(c3ccccc3)C3CC3)C2)cc1C(F)(F)F. The van der Waals surface area contributed by atoms with Gasteiger partial charge in [-0.1, -0.05) is 30.3 Å². The van der Waals surface area contributed by atoms with Gasteiger partial charge in [0.15, 0.2) is 0 Å². The van der Waals surface area contributed by atoms with Gasteiger partial charge in [0.2, 0.25) is 0 Å². The number of likely N-dealkylation sites (tertiary alicyclic amines) is 1. The van der Waals surface area contributed by atoms with Gasteiger partial charge in [-0.25, -0.2) is 9.78 Å². The summed E-state index contributed by atoms with van der Waals surface area (Å²) in [6.07, 6.45) is 0.597. The van der Waals surface area contributed by atoms with Crippen LogP contribution in [0.5, 0.6) is 0 Å². The van der Waals surface area contributed by atoms with Gasteiger partial charge in [0.05, 0.1) is 17.3 Å². The van der Waals surface area contributed by atoms with E-state index in [2.05, 4.69) is 27.5 Å². The summed E-state index contributed by atoms with van der Waals surface area (Å²) in [5.74, 6) is -0.0783. The molecular formula is C26H27F3N6O. The maximum absolute atomic E-state index is 13.3. The predicted octanol–water partition coefficient (Wildman–Crippen LogP) is 4.75. The molecule has 2 atom stereocenters. The minimum Gasteiger partial charge on any atom is -0.383 e. The van der Waals surface area contributed by atoms with Gasteiger partial charge in [-0.2, -0.15) is 18.3 Å². The van der Waals surface area contributed by atoms with Crippen molar-refractivity contribution in [2.45, 2.75) is 49.9 Å². The van der Waals surface area contributed by atoms with Crippen LogP contribution in [0.15, 0.2) is 48.7 Å². The Morgan fingerprint density at radius 1 is 1.14 bits per heavy atom. The van der Waals surface area contributed by atoms with Crippen LogP contribution in [-0.2, 0) is 18.1 Å². The van der Waals surface area contributed by atoms with Gasteiger partial charge >= 0.3 is 12.2 Å². The fourth-order valence-corrected chi connectivity index (χ4v) is 5.69. The summed E-state index contributed by atoms with van der Waals surface area (Å²) in [6.45, 7) is 1.85. The molecule has 2 amide bonds. The molecular weight excluding hydrogens is 469 g/mol.